The predicted octanol–water partition coefficient (Wildman–Crippen LogP) is 1.84. The van der Waals surface area contributed by atoms with Gasteiger partial charge >= 0.3 is 0 Å². The predicted molar refractivity (Wildman–Crippen MR) is 105 cm³/mol. The standard InChI is InChI=1S/C21H31N3O3/c1-17-6-7-19(14-18(17)2)27-16-21(26)24-12-10-22(11-13-24)15-20(25)23-8-4-3-5-9-23/h6-7,14H,3-5,8-13,15-16H2,1-2H3. The van der Waals surface area contributed by atoms with Crippen molar-refractivity contribution in [2.75, 3.05) is 52.4 Å². The molecule has 2 aliphatic heterocycles. The zero-order valence-electron chi connectivity index (χ0n) is 16.6. The molecule has 1 aromatic carbocycles. The van der Waals surface area contributed by atoms with Crippen molar-refractivity contribution in [3.8, 4) is 5.75 Å². The summed E-state index contributed by atoms with van der Waals surface area (Å²) in [6.07, 6.45) is 3.47. The van der Waals surface area contributed by atoms with Crippen molar-refractivity contribution in [1.29, 1.82) is 0 Å². The van der Waals surface area contributed by atoms with E-state index in [1.54, 1.807) is 0 Å². The second-order valence-corrected chi connectivity index (χ2v) is 7.63. The van der Waals surface area contributed by atoms with Crippen LogP contribution >= 0.6 is 0 Å². The first-order valence-corrected chi connectivity index (χ1v) is 10.0. The molecule has 2 saturated heterocycles. The van der Waals surface area contributed by atoms with Crippen molar-refractivity contribution in [3.63, 3.8) is 0 Å². The normalized spacial score (nSPS) is 18.4. The molecule has 0 N–H and O–H groups in total. The summed E-state index contributed by atoms with van der Waals surface area (Å²) in [7, 11) is 0. The van der Waals surface area contributed by atoms with Gasteiger partial charge in [0.15, 0.2) is 6.61 Å². The molecule has 0 atom stereocenters. The summed E-state index contributed by atoms with van der Waals surface area (Å²) in [6, 6.07) is 5.87. The summed E-state index contributed by atoms with van der Waals surface area (Å²) in [5.74, 6) is 0.972. The fourth-order valence-electron chi connectivity index (χ4n) is 3.63. The summed E-state index contributed by atoms with van der Waals surface area (Å²) in [5.41, 5.74) is 2.37. The Labute approximate surface area is 162 Å². The highest BCUT2D eigenvalue weighted by atomic mass is 16.5. The van der Waals surface area contributed by atoms with Gasteiger partial charge in [0.05, 0.1) is 6.54 Å². The summed E-state index contributed by atoms with van der Waals surface area (Å²) in [5, 5.41) is 0. The molecule has 0 bridgehead atoms. The Bertz CT molecular complexity index is 663. The number of carbonyl (C=O) groups is 2. The molecule has 0 unspecified atom stereocenters. The number of rotatable bonds is 5. The van der Waals surface area contributed by atoms with E-state index in [1.165, 1.54) is 12.0 Å². The maximum Gasteiger partial charge on any atom is 0.260 e. The molecule has 0 spiro atoms. The fraction of sp³-hybridized carbons (Fsp3) is 0.619. The monoisotopic (exact) mass is 373 g/mol. The lowest BCUT2D eigenvalue weighted by Crippen LogP contribution is -2.52. The maximum atomic E-state index is 12.4. The van der Waals surface area contributed by atoms with Crippen molar-refractivity contribution < 1.29 is 14.3 Å². The Morgan fingerprint density at radius 1 is 0.852 bits per heavy atom. The largest absolute Gasteiger partial charge is 0.484 e. The molecule has 2 heterocycles. The Morgan fingerprint density at radius 3 is 2.19 bits per heavy atom. The SMILES string of the molecule is Cc1ccc(OCC(=O)N2CCN(CC(=O)N3CCCCC3)CC2)cc1C. The van der Waals surface area contributed by atoms with Crippen LogP contribution in [0.1, 0.15) is 30.4 Å². The Balaban J connectivity index is 1.39. The van der Waals surface area contributed by atoms with Gasteiger partial charge in [-0.25, -0.2) is 0 Å². The number of likely N-dealkylation sites (tertiary alicyclic amines) is 1. The van der Waals surface area contributed by atoms with Crippen LogP contribution in [0.3, 0.4) is 0 Å². The highest BCUT2D eigenvalue weighted by Gasteiger charge is 2.25. The van der Waals surface area contributed by atoms with Gasteiger partial charge in [0.2, 0.25) is 5.91 Å². The minimum Gasteiger partial charge on any atom is -0.484 e. The van der Waals surface area contributed by atoms with Crippen LogP contribution in [0.4, 0.5) is 0 Å². The third-order valence-electron chi connectivity index (χ3n) is 5.63. The average Bonchev–Trinajstić information content (AvgIpc) is 2.70. The van der Waals surface area contributed by atoms with Crippen molar-refractivity contribution in [3.05, 3.63) is 29.3 Å². The minimum absolute atomic E-state index is 0.00948. The zero-order chi connectivity index (χ0) is 19.2. The van der Waals surface area contributed by atoms with E-state index in [0.29, 0.717) is 19.6 Å². The van der Waals surface area contributed by atoms with Crippen LogP contribution in [-0.4, -0.2) is 78.9 Å². The third kappa shape index (κ3) is 5.45. The first-order chi connectivity index (χ1) is 13.0. The van der Waals surface area contributed by atoms with Crippen LogP contribution in [0.25, 0.3) is 0 Å². The van der Waals surface area contributed by atoms with Crippen LogP contribution in [-0.2, 0) is 9.59 Å². The van der Waals surface area contributed by atoms with E-state index < -0.39 is 0 Å². The molecule has 2 fully saturated rings. The highest BCUT2D eigenvalue weighted by molar-refractivity contribution is 5.79. The van der Waals surface area contributed by atoms with Gasteiger partial charge in [0, 0.05) is 39.3 Å². The number of aryl methyl sites for hydroxylation is 2. The zero-order valence-corrected chi connectivity index (χ0v) is 16.6. The summed E-state index contributed by atoms with van der Waals surface area (Å²) >= 11 is 0. The van der Waals surface area contributed by atoms with Gasteiger partial charge in [-0.15, -0.1) is 0 Å². The third-order valence-corrected chi connectivity index (χ3v) is 5.63. The Kier molecular flexibility index (Phi) is 6.72. The van der Waals surface area contributed by atoms with Gasteiger partial charge in [0.1, 0.15) is 5.75 Å². The van der Waals surface area contributed by atoms with E-state index in [2.05, 4.69) is 11.8 Å². The first-order valence-electron chi connectivity index (χ1n) is 10.0. The molecule has 6 heteroatoms. The number of carbonyl (C=O) groups excluding carboxylic acids is 2. The number of piperazine rings is 1. The second kappa shape index (κ2) is 9.22. The molecule has 0 saturated carbocycles. The van der Waals surface area contributed by atoms with Crippen molar-refractivity contribution in [2.45, 2.75) is 33.1 Å². The van der Waals surface area contributed by atoms with E-state index in [9.17, 15) is 9.59 Å². The molecule has 148 valence electrons. The van der Waals surface area contributed by atoms with Crippen LogP contribution in [0.15, 0.2) is 18.2 Å². The van der Waals surface area contributed by atoms with Crippen LogP contribution in [0.5, 0.6) is 5.75 Å². The maximum absolute atomic E-state index is 12.4. The van der Waals surface area contributed by atoms with Gasteiger partial charge in [-0.2, -0.15) is 0 Å². The van der Waals surface area contributed by atoms with E-state index in [1.807, 2.05) is 34.9 Å². The van der Waals surface area contributed by atoms with Gasteiger partial charge < -0.3 is 14.5 Å². The molecule has 2 aliphatic rings. The molecule has 0 aliphatic carbocycles. The number of hydrogen-bond acceptors (Lipinski definition) is 4. The van der Waals surface area contributed by atoms with Gasteiger partial charge in [-0.05, 0) is 56.4 Å². The van der Waals surface area contributed by atoms with E-state index >= 15 is 0 Å². The second-order valence-electron chi connectivity index (χ2n) is 7.63. The van der Waals surface area contributed by atoms with Gasteiger partial charge in [-0.3, -0.25) is 14.5 Å². The first kappa shape index (κ1) is 19.7. The number of piperidine rings is 1. The Morgan fingerprint density at radius 2 is 1.52 bits per heavy atom. The average molecular weight is 373 g/mol. The van der Waals surface area contributed by atoms with Crippen LogP contribution in [0.2, 0.25) is 0 Å². The van der Waals surface area contributed by atoms with Crippen molar-refractivity contribution in [1.82, 2.24) is 14.7 Å². The highest BCUT2D eigenvalue weighted by Crippen LogP contribution is 2.16. The lowest BCUT2D eigenvalue weighted by molar-refractivity contribution is -0.136. The van der Waals surface area contributed by atoms with Crippen molar-refractivity contribution >= 4 is 11.8 Å². The van der Waals surface area contributed by atoms with Gasteiger partial charge in [-0.1, -0.05) is 6.07 Å². The molecule has 3 rings (SSSR count). The number of hydrogen-bond donors (Lipinski definition) is 0. The smallest absolute Gasteiger partial charge is 0.260 e. The number of nitrogens with zero attached hydrogens (tertiary/aromatic N) is 3. The molecular weight excluding hydrogens is 342 g/mol. The van der Waals surface area contributed by atoms with E-state index in [0.717, 1.165) is 50.3 Å². The van der Waals surface area contributed by atoms with E-state index in [4.69, 9.17) is 4.74 Å². The quantitative estimate of drug-likeness (QED) is 0.790. The molecular formula is C21H31N3O3. The number of amides is 2. The summed E-state index contributed by atoms with van der Waals surface area (Å²) in [6.45, 7) is 9.22. The molecule has 27 heavy (non-hydrogen) atoms. The number of benzene rings is 1. The fourth-order valence-corrected chi connectivity index (χ4v) is 3.63. The molecule has 6 nitrogen and oxygen atoms in total. The molecule has 0 radical (unpaired) electrons. The van der Waals surface area contributed by atoms with Crippen LogP contribution in [0, 0.1) is 13.8 Å². The molecule has 2 amide bonds. The molecule has 1 aromatic rings. The van der Waals surface area contributed by atoms with Crippen molar-refractivity contribution in [2.24, 2.45) is 0 Å². The lowest BCUT2D eigenvalue weighted by atomic mass is 10.1. The van der Waals surface area contributed by atoms with Gasteiger partial charge in [0.25, 0.3) is 5.91 Å². The minimum atomic E-state index is 0.00948. The summed E-state index contributed by atoms with van der Waals surface area (Å²) in [4.78, 5) is 30.8. The van der Waals surface area contributed by atoms with E-state index in [-0.39, 0.29) is 18.4 Å². The summed E-state index contributed by atoms with van der Waals surface area (Å²) < 4.78 is 5.66. The lowest BCUT2D eigenvalue weighted by Gasteiger charge is -2.36. The Hall–Kier alpha value is -2.08. The topological polar surface area (TPSA) is 53.1 Å². The number of ether oxygens (including phenoxy) is 1. The molecule has 0 aromatic heterocycles. The van der Waals surface area contributed by atoms with Crippen LogP contribution < -0.4 is 4.74 Å².